The summed E-state index contributed by atoms with van der Waals surface area (Å²) in [7, 11) is 0. The van der Waals surface area contributed by atoms with Crippen LogP contribution in [0.4, 0.5) is 0 Å². The Kier molecular flexibility index (Phi) is 4.76. The number of halogens is 1. The molecule has 1 heterocycles. The van der Waals surface area contributed by atoms with Crippen LogP contribution in [0, 0.1) is 0 Å². The highest BCUT2D eigenvalue weighted by Crippen LogP contribution is 2.31. The van der Waals surface area contributed by atoms with E-state index in [1.807, 2.05) is 6.07 Å². The molecule has 0 saturated heterocycles. The first kappa shape index (κ1) is 14.8. The lowest BCUT2D eigenvalue weighted by molar-refractivity contribution is 0.489. The van der Waals surface area contributed by atoms with Crippen LogP contribution >= 0.6 is 15.9 Å². The summed E-state index contributed by atoms with van der Waals surface area (Å²) in [5.74, 6) is 0. The topological polar surface area (TPSA) is 29.9 Å². The molecule has 112 valence electrons. The molecule has 0 radical (unpaired) electrons. The van der Waals surface area contributed by atoms with E-state index in [1.165, 1.54) is 36.9 Å². The summed E-state index contributed by atoms with van der Waals surface area (Å²) in [6.07, 6.45) is 8.09. The predicted octanol–water partition coefficient (Wildman–Crippen LogP) is 4.40. The number of aromatic nitrogens is 2. The van der Waals surface area contributed by atoms with E-state index in [1.54, 1.807) is 0 Å². The first-order valence-corrected chi connectivity index (χ1v) is 8.65. The molecule has 1 N–H and O–H groups in total. The molecule has 0 spiro atoms. The monoisotopic (exact) mass is 347 g/mol. The molecule has 0 amide bonds. The maximum absolute atomic E-state index is 4.68. The second-order valence-corrected chi connectivity index (χ2v) is 6.52. The van der Waals surface area contributed by atoms with Gasteiger partial charge in [0, 0.05) is 21.8 Å². The van der Waals surface area contributed by atoms with Crippen molar-refractivity contribution in [3.63, 3.8) is 0 Å². The Hall–Kier alpha value is -1.13. The van der Waals surface area contributed by atoms with Gasteiger partial charge in [-0.2, -0.15) is 5.10 Å². The first-order valence-electron chi connectivity index (χ1n) is 7.86. The van der Waals surface area contributed by atoms with Crippen molar-refractivity contribution in [1.29, 1.82) is 0 Å². The zero-order chi connectivity index (χ0) is 14.7. The summed E-state index contributed by atoms with van der Waals surface area (Å²) in [4.78, 5) is 0. The maximum atomic E-state index is 4.68. The fraction of sp³-hybridized carbons (Fsp3) is 0.471. The molecule has 1 aromatic carbocycles. The van der Waals surface area contributed by atoms with Crippen LogP contribution in [-0.4, -0.2) is 16.3 Å². The number of nitrogens with one attached hydrogen (secondary N) is 1. The van der Waals surface area contributed by atoms with Gasteiger partial charge in [0.2, 0.25) is 0 Å². The second-order valence-electron chi connectivity index (χ2n) is 5.66. The molecule has 21 heavy (non-hydrogen) atoms. The van der Waals surface area contributed by atoms with Gasteiger partial charge in [-0.1, -0.05) is 25.5 Å². The molecule has 0 fully saturated rings. The lowest BCUT2D eigenvalue weighted by Gasteiger charge is -2.16. The first-order chi connectivity index (χ1) is 10.3. The molecule has 1 atom stereocenters. The van der Waals surface area contributed by atoms with E-state index in [-0.39, 0.29) is 0 Å². The predicted molar refractivity (Wildman–Crippen MR) is 89.9 cm³/mol. The van der Waals surface area contributed by atoms with Crippen molar-refractivity contribution in [2.45, 2.75) is 45.1 Å². The van der Waals surface area contributed by atoms with Crippen LogP contribution in [0.3, 0.4) is 0 Å². The van der Waals surface area contributed by atoms with Crippen molar-refractivity contribution in [2.24, 2.45) is 0 Å². The van der Waals surface area contributed by atoms with Crippen molar-refractivity contribution in [2.75, 3.05) is 6.54 Å². The molecule has 1 aliphatic rings. The van der Waals surface area contributed by atoms with Crippen LogP contribution in [0.2, 0.25) is 0 Å². The minimum atomic E-state index is 0.457. The highest BCUT2D eigenvalue weighted by molar-refractivity contribution is 9.10. The van der Waals surface area contributed by atoms with Crippen molar-refractivity contribution < 1.29 is 0 Å². The fourth-order valence-corrected chi connectivity index (χ4v) is 3.54. The largest absolute Gasteiger partial charge is 0.310 e. The van der Waals surface area contributed by atoms with Gasteiger partial charge in [0.25, 0.3) is 0 Å². The smallest absolute Gasteiger partial charge is 0.0790 e. The highest BCUT2D eigenvalue weighted by atomic mass is 79.9. The van der Waals surface area contributed by atoms with Crippen LogP contribution in [-0.2, 0) is 6.42 Å². The number of hydrogen-bond acceptors (Lipinski definition) is 2. The third-order valence-electron chi connectivity index (χ3n) is 4.15. The Balaban J connectivity index is 1.99. The quantitative estimate of drug-likeness (QED) is 0.830. The van der Waals surface area contributed by atoms with Crippen molar-refractivity contribution in [1.82, 2.24) is 15.1 Å². The Labute approximate surface area is 134 Å². The zero-order valence-corrected chi connectivity index (χ0v) is 14.1. The average Bonchev–Trinajstić information content (AvgIpc) is 2.80. The molecule has 0 saturated carbocycles. The summed E-state index contributed by atoms with van der Waals surface area (Å²) in [6.45, 7) is 3.29. The zero-order valence-electron chi connectivity index (χ0n) is 12.5. The number of rotatable bonds is 4. The summed E-state index contributed by atoms with van der Waals surface area (Å²) < 4.78 is 3.21. The van der Waals surface area contributed by atoms with Gasteiger partial charge < -0.3 is 5.32 Å². The van der Waals surface area contributed by atoms with Crippen LogP contribution in [0.1, 0.15) is 49.9 Å². The molecule has 0 aliphatic heterocycles. The Morgan fingerprint density at radius 2 is 2.19 bits per heavy atom. The normalized spacial score (nSPS) is 18.3. The van der Waals surface area contributed by atoms with E-state index < -0.39 is 0 Å². The number of hydrogen-bond donors (Lipinski definition) is 1. The molecule has 2 aromatic rings. The van der Waals surface area contributed by atoms with Crippen molar-refractivity contribution in [3.8, 4) is 5.69 Å². The van der Waals surface area contributed by atoms with Gasteiger partial charge in [-0.05, 0) is 60.3 Å². The van der Waals surface area contributed by atoms with E-state index in [2.05, 4.69) is 62.3 Å². The van der Waals surface area contributed by atoms with E-state index in [0.717, 1.165) is 23.1 Å². The van der Waals surface area contributed by atoms with Crippen LogP contribution in [0.5, 0.6) is 0 Å². The summed E-state index contributed by atoms with van der Waals surface area (Å²) in [5.41, 5.74) is 3.89. The Morgan fingerprint density at radius 1 is 1.33 bits per heavy atom. The highest BCUT2D eigenvalue weighted by Gasteiger charge is 2.23. The molecule has 3 rings (SSSR count). The lowest BCUT2D eigenvalue weighted by Crippen LogP contribution is -2.22. The summed E-state index contributed by atoms with van der Waals surface area (Å²) in [6, 6.07) is 8.77. The van der Waals surface area contributed by atoms with E-state index in [9.17, 15) is 0 Å². The Bertz CT molecular complexity index is 606. The van der Waals surface area contributed by atoms with Crippen LogP contribution < -0.4 is 5.32 Å². The third-order valence-corrected chi connectivity index (χ3v) is 4.82. The van der Waals surface area contributed by atoms with Gasteiger partial charge in [0.15, 0.2) is 0 Å². The van der Waals surface area contributed by atoms with Gasteiger partial charge in [-0.15, -0.1) is 0 Å². The van der Waals surface area contributed by atoms with Crippen LogP contribution in [0.25, 0.3) is 5.69 Å². The Morgan fingerprint density at radius 3 is 3.00 bits per heavy atom. The molecular formula is C17H22BrN3. The van der Waals surface area contributed by atoms with E-state index >= 15 is 0 Å². The van der Waals surface area contributed by atoms with Gasteiger partial charge in [-0.25, -0.2) is 4.68 Å². The maximum Gasteiger partial charge on any atom is 0.0790 e. The fourth-order valence-electron chi connectivity index (χ4n) is 3.09. The minimum Gasteiger partial charge on any atom is -0.310 e. The standard InChI is InChI=1S/C17H22BrN3/c1-2-11-19-15-8-4-6-9-16-13(15)12-20-21(16)17-10-5-3-7-14(17)18/h3,5,7,10,12,15,19H,2,4,6,8-9,11H2,1H3. The molecule has 1 aromatic heterocycles. The van der Waals surface area contributed by atoms with Crippen LogP contribution in [0.15, 0.2) is 34.9 Å². The van der Waals surface area contributed by atoms with Gasteiger partial charge in [0.1, 0.15) is 0 Å². The van der Waals surface area contributed by atoms with E-state index in [4.69, 9.17) is 0 Å². The summed E-state index contributed by atoms with van der Waals surface area (Å²) in [5, 5.41) is 8.36. The molecule has 0 bridgehead atoms. The van der Waals surface area contributed by atoms with Crippen molar-refractivity contribution >= 4 is 15.9 Å². The SMILES string of the molecule is CCCNC1CCCCc2c1cnn2-c1ccccc1Br. The number of fused-ring (bicyclic) bond motifs is 1. The molecular weight excluding hydrogens is 326 g/mol. The second kappa shape index (κ2) is 6.75. The molecule has 4 heteroatoms. The van der Waals surface area contributed by atoms with Gasteiger partial charge >= 0.3 is 0 Å². The van der Waals surface area contributed by atoms with Gasteiger partial charge in [-0.3, -0.25) is 0 Å². The number of benzene rings is 1. The van der Waals surface area contributed by atoms with Crippen molar-refractivity contribution in [3.05, 3.63) is 46.2 Å². The molecule has 1 aliphatic carbocycles. The number of nitrogens with zero attached hydrogens (tertiary/aromatic N) is 2. The molecule has 3 nitrogen and oxygen atoms in total. The van der Waals surface area contributed by atoms with E-state index in [0.29, 0.717) is 6.04 Å². The lowest BCUT2D eigenvalue weighted by atomic mass is 10.1. The third kappa shape index (κ3) is 3.06. The number of para-hydroxylation sites is 1. The molecule has 1 unspecified atom stereocenters. The average molecular weight is 348 g/mol. The summed E-state index contributed by atoms with van der Waals surface area (Å²) >= 11 is 3.65. The van der Waals surface area contributed by atoms with Gasteiger partial charge in [0.05, 0.1) is 11.9 Å². The minimum absolute atomic E-state index is 0.457.